The Morgan fingerprint density at radius 1 is 0.788 bits per heavy atom. The predicted molar refractivity (Wildman–Crippen MR) is 114 cm³/mol. The van der Waals surface area contributed by atoms with Gasteiger partial charge in [-0.15, -0.1) is 0 Å². The lowest BCUT2D eigenvalue weighted by molar-refractivity contribution is 0.468. The van der Waals surface area contributed by atoms with E-state index in [-0.39, 0.29) is 11.0 Å². The molecule has 4 aromatic rings. The summed E-state index contributed by atoms with van der Waals surface area (Å²) >= 11 is 0. The van der Waals surface area contributed by atoms with Crippen molar-refractivity contribution >= 4 is 36.8 Å². The van der Waals surface area contributed by atoms with Gasteiger partial charge in [0.05, 0.1) is 0 Å². The van der Waals surface area contributed by atoms with Gasteiger partial charge in [0.2, 0.25) is 0 Å². The van der Waals surface area contributed by atoms with Crippen molar-refractivity contribution in [3.8, 4) is 5.75 Å². The van der Waals surface area contributed by atoms with Gasteiger partial charge in [0.15, 0.2) is 11.3 Å². The van der Waals surface area contributed by atoms with E-state index in [0.29, 0.717) is 0 Å². The first-order chi connectivity index (χ1) is 15.6. The standard InChI is InChI=1S/C21H13F2NO7S2/c22-14-7-1-3-10-18(14)32(26,27)24-16-12-13-6-5-9-17(20(13)30-21(16)25)31-33(28,29)19-11-4-2-8-15(19)23/h1-12,24H. The Bertz CT molecular complexity index is 1650. The van der Waals surface area contributed by atoms with Crippen molar-refractivity contribution in [1.82, 2.24) is 0 Å². The van der Waals surface area contributed by atoms with Gasteiger partial charge >= 0.3 is 15.7 Å². The molecular formula is C21H13F2NO7S2. The molecule has 0 saturated heterocycles. The second-order valence-corrected chi connectivity index (χ2v) is 9.79. The molecule has 0 unspecified atom stereocenters. The number of anilines is 1. The monoisotopic (exact) mass is 493 g/mol. The first-order valence-electron chi connectivity index (χ1n) is 9.12. The highest BCUT2D eigenvalue weighted by Gasteiger charge is 2.24. The Kier molecular flexibility index (Phi) is 5.64. The number of para-hydroxylation sites is 1. The molecule has 0 aliphatic heterocycles. The molecule has 12 heteroatoms. The van der Waals surface area contributed by atoms with Crippen molar-refractivity contribution in [2.45, 2.75) is 9.79 Å². The Morgan fingerprint density at radius 2 is 1.39 bits per heavy atom. The normalized spacial score (nSPS) is 11.9. The van der Waals surface area contributed by atoms with E-state index in [1.807, 2.05) is 4.72 Å². The summed E-state index contributed by atoms with van der Waals surface area (Å²) in [5, 5.41) is 0.0852. The van der Waals surface area contributed by atoms with Gasteiger partial charge in [-0.2, -0.15) is 8.42 Å². The molecule has 1 heterocycles. The minimum absolute atomic E-state index is 0.0852. The van der Waals surface area contributed by atoms with Gasteiger partial charge in [0.25, 0.3) is 10.0 Å². The van der Waals surface area contributed by atoms with Crippen molar-refractivity contribution in [3.05, 3.63) is 94.9 Å². The maximum absolute atomic E-state index is 13.9. The third-order valence-electron chi connectivity index (χ3n) is 4.40. The summed E-state index contributed by atoms with van der Waals surface area (Å²) in [5.74, 6) is -2.48. The van der Waals surface area contributed by atoms with E-state index in [2.05, 4.69) is 0 Å². The fourth-order valence-corrected chi connectivity index (χ4v) is 5.06. The number of hydrogen-bond donors (Lipinski definition) is 1. The molecule has 0 radical (unpaired) electrons. The lowest BCUT2D eigenvalue weighted by atomic mass is 10.2. The summed E-state index contributed by atoms with van der Waals surface area (Å²) in [4.78, 5) is 11.0. The molecule has 3 aromatic carbocycles. The molecule has 33 heavy (non-hydrogen) atoms. The zero-order chi connectivity index (χ0) is 23.8. The molecule has 0 atom stereocenters. The first-order valence-corrected chi connectivity index (χ1v) is 12.0. The van der Waals surface area contributed by atoms with Crippen LogP contribution in [-0.2, 0) is 20.1 Å². The van der Waals surface area contributed by atoms with Crippen LogP contribution in [0.4, 0.5) is 14.5 Å². The molecule has 170 valence electrons. The van der Waals surface area contributed by atoms with Gasteiger partial charge in [-0.3, -0.25) is 4.72 Å². The fraction of sp³-hybridized carbons (Fsp3) is 0. The first kappa shape index (κ1) is 22.4. The van der Waals surface area contributed by atoms with Crippen LogP contribution in [0.15, 0.2) is 91.8 Å². The van der Waals surface area contributed by atoms with Crippen LogP contribution in [0.25, 0.3) is 11.0 Å². The summed E-state index contributed by atoms with van der Waals surface area (Å²) in [6, 6.07) is 14.1. The van der Waals surface area contributed by atoms with Crippen LogP contribution in [0, 0.1) is 11.6 Å². The van der Waals surface area contributed by atoms with Crippen LogP contribution < -0.4 is 14.5 Å². The second kappa shape index (κ2) is 8.30. The highest BCUT2D eigenvalue weighted by Crippen LogP contribution is 2.30. The molecule has 0 spiro atoms. The van der Waals surface area contributed by atoms with Gasteiger partial charge in [0.1, 0.15) is 27.1 Å². The molecule has 8 nitrogen and oxygen atoms in total. The number of fused-ring (bicyclic) bond motifs is 1. The van der Waals surface area contributed by atoms with Crippen LogP contribution in [0.5, 0.6) is 5.75 Å². The largest absolute Gasteiger partial charge is 0.417 e. The average Bonchev–Trinajstić information content (AvgIpc) is 2.75. The van der Waals surface area contributed by atoms with Crippen LogP contribution in [0.2, 0.25) is 0 Å². The predicted octanol–water partition coefficient (Wildman–Crippen LogP) is 3.64. The molecule has 1 N–H and O–H groups in total. The van der Waals surface area contributed by atoms with Crippen LogP contribution in [0.1, 0.15) is 0 Å². The summed E-state index contributed by atoms with van der Waals surface area (Å²) < 4.78 is 89.8. The molecule has 0 fully saturated rings. The molecule has 0 amide bonds. The molecule has 1 aromatic heterocycles. The number of halogens is 2. The number of rotatable bonds is 6. The van der Waals surface area contributed by atoms with Gasteiger partial charge < -0.3 is 8.60 Å². The Hall–Kier alpha value is -3.77. The van der Waals surface area contributed by atoms with E-state index >= 15 is 0 Å². The van der Waals surface area contributed by atoms with Gasteiger partial charge in [0, 0.05) is 5.39 Å². The van der Waals surface area contributed by atoms with Crippen molar-refractivity contribution in [2.75, 3.05) is 4.72 Å². The number of benzene rings is 3. The van der Waals surface area contributed by atoms with Gasteiger partial charge in [-0.05, 0) is 36.4 Å². The Balaban J connectivity index is 1.74. The molecule has 0 saturated carbocycles. The molecule has 0 bridgehead atoms. The van der Waals surface area contributed by atoms with E-state index in [4.69, 9.17) is 8.60 Å². The minimum Gasteiger partial charge on any atom is -0.417 e. The Morgan fingerprint density at radius 3 is 2.03 bits per heavy atom. The van der Waals surface area contributed by atoms with Gasteiger partial charge in [-0.1, -0.05) is 36.4 Å². The molecule has 4 rings (SSSR count). The summed E-state index contributed by atoms with van der Waals surface area (Å²) in [7, 11) is -9.09. The Labute approximate surface area is 186 Å². The highest BCUT2D eigenvalue weighted by atomic mass is 32.2. The van der Waals surface area contributed by atoms with E-state index in [9.17, 15) is 30.4 Å². The maximum atomic E-state index is 13.9. The average molecular weight is 493 g/mol. The lowest BCUT2D eigenvalue weighted by Gasteiger charge is -2.11. The smallest absolute Gasteiger partial charge is 0.360 e. The molecule has 0 aliphatic carbocycles. The zero-order valence-electron chi connectivity index (χ0n) is 16.4. The lowest BCUT2D eigenvalue weighted by Crippen LogP contribution is -2.19. The number of hydrogen-bond acceptors (Lipinski definition) is 7. The second-order valence-electron chi connectivity index (χ2n) is 6.63. The SMILES string of the molecule is O=c1oc2c(OS(=O)(=O)c3ccccc3F)cccc2cc1NS(=O)(=O)c1ccccc1F. The van der Waals surface area contributed by atoms with E-state index in [1.54, 1.807) is 0 Å². The zero-order valence-corrected chi connectivity index (χ0v) is 18.0. The number of sulfonamides is 1. The van der Waals surface area contributed by atoms with Crippen molar-refractivity contribution in [1.29, 1.82) is 0 Å². The number of nitrogens with one attached hydrogen (secondary N) is 1. The topological polar surface area (TPSA) is 120 Å². The summed E-state index contributed by atoms with van der Waals surface area (Å²) in [5.41, 5.74) is -2.06. The quantitative estimate of drug-likeness (QED) is 0.322. The fourth-order valence-electron chi connectivity index (χ4n) is 2.93. The van der Waals surface area contributed by atoms with Crippen LogP contribution >= 0.6 is 0 Å². The van der Waals surface area contributed by atoms with E-state index in [0.717, 1.165) is 30.3 Å². The van der Waals surface area contributed by atoms with Gasteiger partial charge in [-0.25, -0.2) is 22.0 Å². The molecular weight excluding hydrogens is 480 g/mol. The third-order valence-corrected chi connectivity index (χ3v) is 7.07. The van der Waals surface area contributed by atoms with Crippen molar-refractivity contribution < 1.29 is 34.2 Å². The van der Waals surface area contributed by atoms with E-state index in [1.165, 1.54) is 42.5 Å². The van der Waals surface area contributed by atoms with E-state index < -0.39 is 58.6 Å². The van der Waals surface area contributed by atoms with Crippen LogP contribution in [0.3, 0.4) is 0 Å². The van der Waals surface area contributed by atoms with Crippen molar-refractivity contribution in [3.63, 3.8) is 0 Å². The molecule has 0 aliphatic rings. The third kappa shape index (κ3) is 4.43. The summed E-state index contributed by atoms with van der Waals surface area (Å²) in [6.07, 6.45) is 0. The maximum Gasteiger partial charge on any atom is 0.360 e. The van der Waals surface area contributed by atoms with Crippen molar-refractivity contribution in [2.24, 2.45) is 0 Å². The minimum atomic E-state index is -4.62. The summed E-state index contributed by atoms with van der Waals surface area (Å²) in [6.45, 7) is 0. The highest BCUT2D eigenvalue weighted by molar-refractivity contribution is 7.92. The van der Waals surface area contributed by atoms with Crippen LogP contribution in [-0.4, -0.2) is 16.8 Å².